The molecule has 224 valence electrons. The molecule has 0 fully saturated rings. The van der Waals surface area contributed by atoms with Gasteiger partial charge in [-0.2, -0.15) is 5.26 Å². The van der Waals surface area contributed by atoms with Crippen LogP contribution in [0.5, 0.6) is 11.5 Å². The number of carbonyl (C=O) groups is 1. The Bertz CT molecular complexity index is 1090. The number of nitrogens with one attached hydrogen (secondary N) is 1. The van der Waals surface area contributed by atoms with Crippen LogP contribution in [0.25, 0.3) is 0 Å². The molecule has 0 aliphatic rings. The zero-order chi connectivity index (χ0) is 29.9. The first-order chi connectivity index (χ1) is 19.9. The van der Waals surface area contributed by atoms with Crippen molar-refractivity contribution >= 4 is 5.91 Å². The van der Waals surface area contributed by atoms with E-state index in [1.807, 2.05) is 36.4 Å². The van der Waals surface area contributed by atoms with Gasteiger partial charge in [-0.05, 0) is 68.1 Å². The van der Waals surface area contributed by atoms with Crippen molar-refractivity contribution in [2.75, 3.05) is 40.5 Å². The monoisotopic (exact) mass is 568 g/mol. The molecule has 0 spiro atoms. The number of nitriles is 1. The summed E-state index contributed by atoms with van der Waals surface area (Å²) in [5, 5.41) is 21.6. The summed E-state index contributed by atoms with van der Waals surface area (Å²) in [7, 11) is 3.79. The maximum absolute atomic E-state index is 11.9. The summed E-state index contributed by atoms with van der Waals surface area (Å²) in [6, 6.07) is 18.4. The lowest BCUT2D eigenvalue weighted by Gasteiger charge is -2.29. The highest BCUT2D eigenvalue weighted by atomic mass is 16.9. The molecule has 1 N–H and O–H groups in total. The molecule has 0 aliphatic carbocycles. The van der Waals surface area contributed by atoms with Crippen LogP contribution in [0.1, 0.15) is 69.0 Å². The molecule has 0 saturated carbocycles. The fraction of sp³-hybridized carbons (Fsp3) is 0.548. The van der Waals surface area contributed by atoms with Gasteiger partial charge in [0, 0.05) is 25.0 Å². The molecule has 1 amide bonds. The van der Waals surface area contributed by atoms with Gasteiger partial charge in [-0.1, -0.05) is 56.9 Å². The molecule has 0 heterocycles. The van der Waals surface area contributed by atoms with Crippen LogP contribution in [0, 0.1) is 27.4 Å². The molecule has 10 heteroatoms. The molecule has 2 unspecified atom stereocenters. The Balaban J connectivity index is 2.01. The Hall–Kier alpha value is -3.84. The maximum Gasteiger partial charge on any atom is 0.294 e. The summed E-state index contributed by atoms with van der Waals surface area (Å²) in [6.07, 6.45) is 8.14. The van der Waals surface area contributed by atoms with E-state index in [1.165, 1.54) is 24.8 Å². The van der Waals surface area contributed by atoms with Crippen LogP contribution in [0.15, 0.2) is 48.5 Å². The maximum atomic E-state index is 11.9. The van der Waals surface area contributed by atoms with Crippen LogP contribution >= 0.6 is 0 Å². The summed E-state index contributed by atoms with van der Waals surface area (Å²) < 4.78 is 11.0. The molecule has 2 rings (SSSR count). The van der Waals surface area contributed by atoms with E-state index in [9.17, 15) is 20.2 Å². The average Bonchev–Trinajstić information content (AvgIpc) is 2.98. The van der Waals surface area contributed by atoms with E-state index in [-0.39, 0.29) is 31.7 Å². The minimum Gasteiger partial charge on any atom is -0.497 e. The standard InChI is InChI=1S/C31H44N4O6/c1-4-5-6-7-9-26(23-32)12-17-30(34(2)20-18-25-10-8-11-29(22-25)39-3)27-13-15-28(16-14-27)40-24-31(36)33-19-21-41-35(37)38/h8,10-11,13-16,22,26,30H,4-7,9,12,17-21,24H2,1-3H3,(H,33,36). The van der Waals surface area contributed by atoms with E-state index in [0.717, 1.165) is 50.0 Å². The number of nitrogens with zero attached hydrogens (tertiary/aromatic N) is 3. The lowest BCUT2D eigenvalue weighted by molar-refractivity contribution is -0.757. The number of methoxy groups -OCH3 is 1. The van der Waals surface area contributed by atoms with E-state index in [2.05, 4.69) is 47.2 Å². The molecule has 0 aromatic heterocycles. The van der Waals surface area contributed by atoms with E-state index >= 15 is 0 Å². The Morgan fingerprint density at radius 3 is 2.56 bits per heavy atom. The summed E-state index contributed by atoms with van der Waals surface area (Å²) in [5.41, 5.74) is 2.32. The number of hydrogen-bond acceptors (Lipinski definition) is 8. The largest absolute Gasteiger partial charge is 0.497 e. The van der Waals surface area contributed by atoms with Gasteiger partial charge in [0.1, 0.15) is 18.1 Å². The van der Waals surface area contributed by atoms with Gasteiger partial charge in [0.25, 0.3) is 11.0 Å². The van der Waals surface area contributed by atoms with Crippen LogP contribution in [-0.4, -0.2) is 56.4 Å². The van der Waals surface area contributed by atoms with Crippen molar-refractivity contribution in [2.45, 2.75) is 64.3 Å². The van der Waals surface area contributed by atoms with Crippen molar-refractivity contribution in [3.63, 3.8) is 0 Å². The first-order valence-corrected chi connectivity index (χ1v) is 14.4. The van der Waals surface area contributed by atoms with Crippen LogP contribution in [0.4, 0.5) is 0 Å². The normalized spacial score (nSPS) is 12.3. The van der Waals surface area contributed by atoms with Gasteiger partial charge >= 0.3 is 0 Å². The second kappa shape index (κ2) is 19.3. The number of rotatable bonds is 21. The van der Waals surface area contributed by atoms with Crippen LogP contribution in [0.3, 0.4) is 0 Å². The molecule has 0 aliphatic heterocycles. The minimum absolute atomic E-state index is 0.0220. The van der Waals surface area contributed by atoms with Crippen molar-refractivity contribution in [3.8, 4) is 17.6 Å². The number of likely N-dealkylation sites (N-methyl/N-ethyl adjacent to an activating group) is 1. The van der Waals surface area contributed by atoms with E-state index < -0.39 is 11.0 Å². The first-order valence-electron chi connectivity index (χ1n) is 14.4. The highest BCUT2D eigenvalue weighted by molar-refractivity contribution is 5.77. The first kappa shape index (κ1) is 33.4. The molecule has 0 bridgehead atoms. The third kappa shape index (κ3) is 13.4. The van der Waals surface area contributed by atoms with Crippen molar-refractivity contribution in [1.82, 2.24) is 10.2 Å². The third-order valence-electron chi connectivity index (χ3n) is 7.05. The van der Waals surface area contributed by atoms with Gasteiger partial charge in [-0.25, -0.2) is 0 Å². The zero-order valence-corrected chi connectivity index (χ0v) is 24.5. The predicted octanol–water partition coefficient (Wildman–Crippen LogP) is 5.50. The van der Waals surface area contributed by atoms with Crippen molar-refractivity contribution < 1.29 is 24.2 Å². The number of amides is 1. The number of benzene rings is 2. The van der Waals surface area contributed by atoms with Gasteiger partial charge in [0.15, 0.2) is 6.61 Å². The molecule has 10 nitrogen and oxygen atoms in total. The highest BCUT2D eigenvalue weighted by Crippen LogP contribution is 2.30. The summed E-state index contributed by atoms with van der Waals surface area (Å²) >= 11 is 0. The van der Waals surface area contributed by atoms with Crippen molar-refractivity contribution in [2.24, 2.45) is 5.92 Å². The van der Waals surface area contributed by atoms with Crippen LogP contribution in [-0.2, 0) is 16.1 Å². The molecule has 41 heavy (non-hydrogen) atoms. The van der Waals surface area contributed by atoms with E-state index in [0.29, 0.717) is 5.75 Å². The van der Waals surface area contributed by atoms with Gasteiger partial charge in [-0.15, -0.1) is 10.1 Å². The minimum atomic E-state index is -0.901. The molecule has 2 atom stereocenters. The predicted molar refractivity (Wildman–Crippen MR) is 157 cm³/mol. The number of carbonyl (C=O) groups excluding carboxylic acids is 1. The van der Waals surface area contributed by atoms with Crippen LogP contribution in [0.2, 0.25) is 0 Å². The van der Waals surface area contributed by atoms with Crippen molar-refractivity contribution in [3.05, 3.63) is 69.8 Å². The summed E-state index contributed by atoms with van der Waals surface area (Å²) in [4.78, 5) is 28.6. The second-order valence-corrected chi connectivity index (χ2v) is 10.1. The van der Waals surface area contributed by atoms with Crippen molar-refractivity contribution in [1.29, 1.82) is 5.26 Å². The molecular formula is C31H44N4O6. The Kier molecular flexibility index (Phi) is 15.7. The quantitative estimate of drug-likeness (QED) is 0.119. The number of unbranched alkanes of at least 4 members (excludes halogenated alkanes) is 3. The molecular weight excluding hydrogens is 524 g/mol. The average molecular weight is 569 g/mol. The zero-order valence-electron chi connectivity index (χ0n) is 24.5. The lowest BCUT2D eigenvalue weighted by Crippen LogP contribution is -2.32. The highest BCUT2D eigenvalue weighted by Gasteiger charge is 2.20. The Labute approximate surface area is 243 Å². The Morgan fingerprint density at radius 1 is 1.10 bits per heavy atom. The van der Waals surface area contributed by atoms with Gasteiger partial charge < -0.3 is 19.6 Å². The summed E-state index contributed by atoms with van der Waals surface area (Å²) in [5.74, 6) is 1.04. The molecule has 0 saturated heterocycles. The summed E-state index contributed by atoms with van der Waals surface area (Å²) in [6.45, 7) is 2.63. The molecule has 2 aromatic carbocycles. The Morgan fingerprint density at radius 2 is 1.88 bits per heavy atom. The lowest BCUT2D eigenvalue weighted by atomic mass is 9.92. The van der Waals surface area contributed by atoms with Gasteiger partial charge in [0.05, 0.1) is 13.2 Å². The van der Waals surface area contributed by atoms with Crippen LogP contribution < -0.4 is 14.8 Å². The number of ether oxygens (including phenoxy) is 2. The number of hydrogen-bond donors (Lipinski definition) is 1. The SMILES string of the molecule is CCCCCCC(C#N)CCC(c1ccc(OCC(=O)NCCO[N+](=O)[O-])cc1)N(C)CCc1cccc(OC)c1. The molecule has 2 aromatic rings. The topological polar surface area (TPSA) is 127 Å². The fourth-order valence-corrected chi connectivity index (χ4v) is 4.68. The fourth-order valence-electron chi connectivity index (χ4n) is 4.68. The smallest absolute Gasteiger partial charge is 0.294 e. The van der Waals surface area contributed by atoms with E-state index in [4.69, 9.17) is 9.47 Å². The van der Waals surface area contributed by atoms with Gasteiger partial charge in [0.2, 0.25) is 0 Å². The van der Waals surface area contributed by atoms with E-state index in [1.54, 1.807) is 7.11 Å². The van der Waals surface area contributed by atoms with Gasteiger partial charge in [-0.3, -0.25) is 9.69 Å². The third-order valence-corrected chi connectivity index (χ3v) is 7.05. The second-order valence-electron chi connectivity index (χ2n) is 10.1. The molecule has 0 radical (unpaired) electrons.